The summed E-state index contributed by atoms with van der Waals surface area (Å²) < 4.78 is 21.5. The van der Waals surface area contributed by atoms with Gasteiger partial charge in [0.1, 0.15) is 6.10 Å². The van der Waals surface area contributed by atoms with Crippen LogP contribution in [0.25, 0.3) is 0 Å². The van der Waals surface area contributed by atoms with Crippen LogP contribution in [0.15, 0.2) is 0 Å². The number of cyclic esters (lactones) is 1. The average Bonchev–Trinajstić information content (AvgIpc) is 2.69. The van der Waals surface area contributed by atoms with Crippen molar-refractivity contribution in [1.82, 2.24) is 0 Å². The van der Waals surface area contributed by atoms with Gasteiger partial charge in [-0.3, -0.25) is 4.79 Å². The van der Waals surface area contributed by atoms with Crippen molar-refractivity contribution < 1.29 is 23.1 Å². The summed E-state index contributed by atoms with van der Waals surface area (Å²) in [6, 6.07) is 0. The monoisotopic (exact) mass is 490 g/mol. The van der Waals surface area contributed by atoms with Crippen LogP contribution in [0.2, 0.25) is 0 Å². The van der Waals surface area contributed by atoms with Gasteiger partial charge in [-0.1, -0.05) is 84.0 Å². The first-order chi connectivity index (χ1) is 15.7. The molecule has 0 aromatic carbocycles. The molecule has 0 aromatic rings. The van der Waals surface area contributed by atoms with Gasteiger partial charge in [0.15, 0.2) is 0 Å². The van der Waals surface area contributed by atoms with Crippen molar-refractivity contribution in [3.63, 3.8) is 0 Å². The van der Waals surface area contributed by atoms with Gasteiger partial charge in [0.05, 0.1) is 24.7 Å². The Labute approximate surface area is 207 Å². The second-order valence-corrected chi connectivity index (χ2v) is 11.1. The topological polar surface area (TPSA) is 54.0 Å². The molecule has 1 aliphatic heterocycles. The normalized spacial score (nSPS) is 15.7. The molecule has 5 nitrogen and oxygen atoms in total. The maximum atomic E-state index is 10.6. The number of unbranched alkanes of at least 4 members (excludes halogenated alkanes) is 12. The third kappa shape index (κ3) is 23.3. The van der Waals surface area contributed by atoms with Gasteiger partial charge >= 0.3 is 14.6 Å². The first-order valence-corrected chi connectivity index (χ1v) is 14.8. The van der Waals surface area contributed by atoms with E-state index in [1.807, 2.05) is 41.5 Å². The Kier molecular flexibility index (Phi) is 22.1. The molecule has 198 valence electrons. The smallest absolute Gasteiger partial charge is 0.333 e. The Morgan fingerprint density at radius 1 is 0.697 bits per heavy atom. The number of rotatable bonds is 20. The van der Waals surface area contributed by atoms with Crippen LogP contribution in [0.1, 0.15) is 145 Å². The molecule has 0 amide bonds. The first kappa shape index (κ1) is 32.8. The highest BCUT2D eigenvalue weighted by atomic mass is 31.2. The van der Waals surface area contributed by atoms with Gasteiger partial charge in [0.2, 0.25) is 0 Å². The van der Waals surface area contributed by atoms with Gasteiger partial charge in [0, 0.05) is 0 Å². The van der Waals surface area contributed by atoms with E-state index in [1.165, 1.54) is 83.5 Å². The Hall–Kier alpha value is -0.220. The fraction of sp³-hybridized carbons (Fsp3) is 0.963. The second kappa shape index (κ2) is 22.3. The third-order valence-corrected chi connectivity index (χ3v) is 6.99. The predicted octanol–water partition coefficient (Wildman–Crippen LogP) is 9.27. The molecule has 0 spiro atoms. The summed E-state index contributed by atoms with van der Waals surface area (Å²) >= 11 is 0. The van der Waals surface area contributed by atoms with Gasteiger partial charge in [-0.2, -0.15) is 0 Å². The quantitative estimate of drug-likeness (QED) is 0.0966. The van der Waals surface area contributed by atoms with E-state index in [2.05, 4.69) is 6.92 Å². The Morgan fingerprint density at radius 2 is 1.03 bits per heavy atom. The maximum absolute atomic E-state index is 10.6. The molecule has 1 fully saturated rings. The molecule has 0 N–H and O–H groups in total. The summed E-state index contributed by atoms with van der Waals surface area (Å²) in [4.78, 5) is 10.6. The van der Waals surface area contributed by atoms with Crippen molar-refractivity contribution in [2.45, 2.75) is 169 Å². The Bertz CT molecular complexity index is 410. The number of hydrogen-bond donors (Lipinski definition) is 0. The number of esters is 1. The van der Waals surface area contributed by atoms with Crippen LogP contribution in [-0.4, -0.2) is 30.4 Å². The molecule has 0 radical (unpaired) electrons. The Morgan fingerprint density at radius 3 is 1.33 bits per heavy atom. The van der Waals surface area contributed by atoms with Crippen LogP contribution in [0.4, 0.5) is 0 Å². The summed E-state index contributed by atoms with van der Waals surface area (Å²) in [5.74, 6) is -0.00954. The van der Waals surface area contributed by atoms with Crippen LogP contribution >= 0.6 is 8.60 Å². The van der Waals surface area contributed by atoms with Gasteiger partial charge in [0.25, 0.3) is 0 Å². The first-order valence-electron chi connectivity index (χ1n) is 13.7. The van der Waals surface area contributed by atoms with Crippen molar-refractivity contribution in [3.8, 4) is 0 Å². The average molecular weight is 491 g/mol. The van der Waals surface area contributed by atoms with E-state index in [-0.39, 0.29) is 30.4 Å². The number of ether oxygens (including phenoxy) is 1. The zero-order valence-corrected chi connectivity index (χ0v) is 23.8. The van der Waals surface area contributed by atoms with Crippen LogP contribution < -0.4 is 0 Å². The lowest BCUT2D eigenvalue weighted by molar-refractivity contribution is -0.169. The molecule has 1 atom stereocenters. The lowest BCUT2D eigenvalue weighted by Gasteiger charge is -2.25. The van der Waals surface area contributed by atoms with Crippen molar-refractivity contribution in [2.75, 3.05) is 0 Å². The number of carbonyl (C=O) groups is 1. The van der Waals surface area contributed by atoms with Crippen LogP contribution in [0.5, 0.6) is 0 Å². The molecule has 1 aliphatic rings. The standard InChI is InChI=1S/C18H34O2.C9H21O3P/c1-2-3-4-5-6-7-8-9-10-11-12-13-14-15-17-16-18(19)20-17;1-7(2)10-13(11-8(3)4)12-9(5)6/h17H,2-16H2,1H3;7-9H,1-6H3. The lowest BCUT2D eigenvalue weighted by Crippen LogP contribution is -2.32. The van der Waals surface area contributed by atoms with E-state index in [0.29, 0.717) is 6.42 Å². The summed E-state index contributed by atoms with van der Waals surface area (Å²) in [6.45, 7) is 14.1. The Balaban J connectivity index is 0.000000684. The van der Waals surface area contributed by atoms with E-state index >= 15 is 0 Å². The zero-order chi connectivity index (χ0) is 24.9. The van der Waals surface area contributed by atoms with Gasteiger partial charge in [-0.25, -0.2) is 0 Å². The molecule has 1 heterocycles. The molecule has 0 aromatic heterocycles. The molecular weight excluding hydrogens is 435 g/mol. The van der Waals surface area contributed by atoms with Crippen molar-refractivity contribution >= 4 is 14.6 Å². The highest BCUT2D eigenvalue weighted by Crippen LogP contribution is 2.43. The third-order valence-electron chi connectivity index (χ3n) is 5.21. The van der Waals surface area contributed by atoms with E-state index < -0.39 is 8.60 Å². The second-order valence-electron chi connectivity index (χ2n) is 10.0. The number of carbonyl (C=O) groups excluding carboxylic acids is 1. The fourth-order valence-electron chi connectivity index (χ4n) is 3.50. The summed E-state index contributed by atoms with van der Waals surface area (Å²) in [5, 5.41) is 0. The lowest BCUT2D eigenvalue weighted by atomic mass is 10.0. The van der Waals surface area contributed by atoms with E-state index in [0.717, 1.165) is 6.42 Å². The number of hydrogen-bond acceptors (Lipinski definition) is 5. The van der Waals surface area contributed by atoms with Crippen molar-refractivity contribution in [2.24, 2.45) is 0 Å². The SMILES string of the molecule is CC(C)OP(OC(C)C)OC(C)C.CCCCCCCCCCCCCCCC1CC(=O)O1. The zero-order valence-electron chi connectivity index (χ0n) is 22.9. The molecule has 0 saturated carbocycles. The van der Waals surface area contributed by atoms with Crippen LogP contribution in [0.3, 0.4) is 0 Å². The maximum Gasteiger partial charge on any atom is 0.333 e. The fourth-order valence-corrected chi connectivity index (χ4v) is 4.69. The van der Waals surface area contributed by atoms with Crippen molar-refractivity contribution in [1.29, 1.82) is 0 Å². The van der Waals surface area contributed by atoms with Gasteiger partial charge in [-0.05, 0) is 54.4 Å². The molecular formula is C27H55O5P. The summed E-state index contributed by atoms with van der Waals surface area (Å²) in [5.41, 5.74) is 0. The van der Waals surface area contributed by atoms with E-state index in [1.54, 1.807) is 0 Å². The molecule has 6 heteroatoms. The van der Waals surface area contributed by atoms with Crippen molar-refractivity contribution in [3.05, 3.63) is 0 Å². The van der Waals surface area contributed by atoms with Gasteiger partial charge < -0.3 is 18.3 Å². The minimum atomic E-state index is -1.18. The molecule has 33 heavy (non-hydrogen) atoms. The summed E-state index contributed by atoms with van der Waals surface area (Å²) in [7, 11) is -1.18. The van der Waals surface area contributed by atoms with Crippen LogP contribution in [0, 0.1) is 0 Å². The minimum Gasteiger partial charge on any atom is -0.462 e. The van der Waals surface area contributed by atoms with Crippen LogP contribution in [-0.2, 0) is 23.1 Å². The molecule has 0 bridgehead atoms. The van der Waals surface area contributed by atoms with Gasteiger partial charge in [-0.15, -0.1) is 0 Å². The highest BCUT2D eigenvalue weighted by Gasteiger charge is 2.27. The predicted molar refractivity (Wildman–Crippen MR) is 140 cm³/mol. The van der Waals surface area contributed by atoms with E-state index in [9.17, 15) is 4.79 Å². The molecule has 0 aliphatic carbocycles. The summed E-state index contributed by atoms with van der Waals surface area (Å²) in [6.07, 6.45) is 20.5. The molecule has 1 unspecified atom stereocenters. The molecule has 1 rings (SSSR count). The molecule has 1 saturated heterocycles. The minimum absolute atomic E-state index is 0.00954. The highest BCUT2D eigenvalue weighted by molar-refractivity contribution is 7.41. The largest absolute Gasteiger partial charge is 0.462 e. The van der Waals surface area contributed by atoms with E-state index in [4.69, 9.17) is 18.3 Å².